The first-order chi connectivity index (χ1) is 8.36. The predicted molar refractivity (Wildman–Crippen MR) is 71.0 cm³/mol. The first kappa shape index (κ1) is 10.2. The van der Waals surface area contributed by atoms with Gasteiger partial charge in [-0.25, -0.2) is 0 Å². The highest BCUT2D eigenvalue weighted by molar-refractivity contribution is 5.88. The van der Waals surface area contributed by atoms with Gasteiger partial charge in [-0.05, 0) is 40.8 Å². The molecule has 3 rings (SSSR count). The van der Waals surface area contributed by atoms with E-state index in [9.17, 15) is 0 Å². The van der Waals surface area contributed by atoms with Gasteiger partial charge >= 0.3 is 0 Å². The molecule has 0 aliphatic heterocycles. The van der Waals surface area contributed by atoms with Crippen LogP contribution in [0, 0.1) is 0 Å². The van der Waals surface area contributed by atoms with E-state index in [-0.39, 0.29) is 0 Å². The molecule has 0 aromatic heterocycles. The summed E-state index contributed by atoms with van der Waals surface area (Å²) in [5.41, 5.74) is 5.35. The molecule has 0 heterocycles. The summed E-state index contributed by atoms with van der Waals surface area (Å²) in [6.45, 7) is 0. The number of methoxy groups -OCH3 is 1. The van der Waals surface area contributed by atoms with Crippen LogP contribution in [0.5, 0.6) is 5.75 Å². The molecule has 1 aliphatic carbocycles. The van der Waals surface area contributed by atoms with Crippen molar-refractivity contribution in [3.63, 3.8) is 0 Å². The molecule has 0 atom stereocenters. The third-order valence-electron chi connectivity index (χ3n) is 3.21. The summed E-state index contributed by atoms with van der Waals surface area (Å²) in [6.07, 6.45) is 3.26. The quantitative estimate of drug-likeness (QED) is 0.751. The minimum Gasteiger partial charge on any atom is -0.497 e. The van der Waals surface area contributed by atoms with Crippen LogP contribution in [0.2, 0.25) is 0 Å². The van der Waals surface area contributed by atoms with Gasteiger partial charge in [-0.3, -0.25) is 0 Å². The van der Waals surface area contributed by atoms with Gasteiger partial charge < -0.3 is 4.74 Å². The van der Waals surface area contributed by atoms with Crippen LogP contribution >= 0.6 is 0 Å². The van der Waals surface area contributed by atoms with Crippen molar-refractivity contribution in [1.29, 1.82) is 0 Å². The summed E-state index contributed by atoms with van der Waals surface area (Å²) >= 11 is 0. The third-order valence-corrected chi connectivity index (χ3v) is 3.21. The summed E-state index contributed by atoms with van der Waals surface area (Å²) in [7, 11) is 1.71. The van der Waals surface area contributed by atoms with Crippen molar-refractivity contribution < 1.29 is 4.74 Å². The van der Waals surface area contributed by atoms with Crippen molar-refractivity contribution in [3.05, 3.63) is 65.2 Å². The summed E-state index contributed by atoms with van der Waals surface area (Å²) < 4.78 is 5.26. The number of hydrogen-bond acceptors (Lipinski definition) is 1. The van der Waals surface area contributed by atoms with Crippen LogP contribution in [0.3, 0.4) is 0 Å². The Labute approximate surface area is 101 Å². The Morgan fingerprint density at radius 3 is 2.59 bits per heavy atom. The molecule has 2 aromatic carbocycles. The summed E-state index contributed by atoms with van der Waals surface area (Å²) in [5, 5.41) is 0. The van der Waals surface area contributed by atoms with Gasteiger partial charge in [-0.1, -0.05) is 42.5 Å². The van der Waals surface area contributed by atoms with Crippen LogP contribution in [0.4, 0.5) is 0 Å². The standard InChI is InChI=1S/C16H14O/c1-17-16-8-7-13-9-14(10-15(13)11-16)12-5-3-2-4-6-12/h2-9,11H,10H2,1H3. The smallest absolute Gasteiger partial charge is 0.119 e. The molecule has 1 nitrogen and oxygen atoms in total. The molecular formula is C16H14O. The van der Waals surface area contributed by atoms with Crippen molar-refractivity contribution in [2.75, 3.05) is 7.11 Å². The fourth-order valence-electron chi connectivity index (χ4n) is 2.28. The number of hydrogen-bond donors (Lipinski definition) is 0. The lowest BCUT2D eigenvalue weighted by molar-refractivity contribution is 0.414. The minimum atomic E-state index is 0.937. The molecule has 0 spiro atoms. The van der Waals surface area contributed by atoms with Crippen molar-refractivity contribution >= 4 is 11.6 Å². The molecule has 0 bridgehead atoms. The highest BCUT2D eigenvalue weighted by atomic mass is 16.5. The third kappa shape index (κ3) is 1.84. The van der Waals surface area contributed by atoms with E-state index in [4.69, 9.17) is 4.74 Å². The fourth-order valence-corrected chi connectivity index (χ4v) is 2.28. The average Bonchev–Trinajstić information content (AvgIpc) is 2.82. The van der Waals surface area contributed by atoms with Gasteiger partial charge in [0.1, 0.15) is 5.75 Å². The first-order valence-corrected chi connectivity index (χ1v) is 5.80. The molecule has 0 fully saturated rings. The second-order valence-electron chi connectivity index (χ2n) is 4.28. The number of allylic oxidation sites excluding steroid dienone is 1. The van der Waals surface area contributed by atoms with E-state index >= 15 is 0 Å². The van der Waals surface area contributed by atoms with E-state index in [1.165, 1.54) is 22.3 Å². The average molecular weight is 222 g/mol. The highest BCUT2D eigenvalue weighted by Gasteiger charge is 2.14. The minimum absolute atomic E-state index is 0.937. The van der Waals surface area contributed by atoms with Crippen molar-refractivity contribution in [2.24, 2.45) is 0 Å². The van der Waals surface area contributed by atoms with E-state index in [0.717, 1.165) is 12.2 Å². The van der Waals surface area contributed by atoms with Gasteiger partial charge in [-0.15, -0.1) is 0 Å². The maximum absolute atomic E-state index is 5.26. The second kappa shape index (κ2) is 4.10. The predicted octanol–water partition coefficient (Wildman–Crippen LogP) is 3.79. The van der Waals surface area contributed by atoms with Gasteiger partial charge in [0.25, 0.3) is 0 Å². The summed E-state index contributed by atoms with van der Waals surface area (Å²) in [6, 6.07) is 16.8. The van der Waals surface area contributed by atoms with Crippen molar-refractivity contribution in [1.82, 2.24) is 0 Å². The van der Waals surface area contributed by atoms with E-state index in [1.54, 1.807) is 7.11 Å². The molecule has 1 heteroatoms. The Morgan fingerprint density at radius 1 is 1.00 bits per heavy atom. The summed E-state index contributed by atoms with van der Waals surface area (Å²) in [4.78, 5) is 0. The van der Waals surface area contributed by atoms with Gasteiger partial charge in [0.2, 0.25) is 0 Å². The van der Waals surface area contributed by atoms with E-state index in [0.29, 0.717) is 0 Å². The Hall–Kier alpha value is -2.02. The Kier molecular flexibility index (Phi) is 2.45. The Bertz CT molecular complexity index is 567. The van der Waals surface area contributed by atoms with Crippen LogP contribution in [0.1, 0.15) is 16.7 Å². The van der Waals surface area contributed by atoms with Gasteiger partial charge in [0.15, 0.2) is 0 Å². The maximum atomic E-state index is 5.26. The SMILES string of the molecule is COc1ccc2c(c1)CC(c1ccccc1)=C2. The number of rotatable bonds is 2. The number of fused-ring (bicyclic) bond motifs is 1. The molecule has 17 heavy (non-hydrogen) atoms. The molecule has 0 unspecified atom stereocenters. The second-order valence-corrected chi connectivity index (χ2v) is 4.28. The van der Waals surface area contributed by atoms with Crippen LogP contribution in [0.25, 0.3) is 11.6 Å². The molecule has 0 saturated heterocycles. The molecule has 0 radical (unpaired) electrons. The summed E-state index contributed by atoms with van der Waals surface area (Å²) in [5.74, 6) is 0.937. The topological polar surface area (TPSA) is 9.23 Å². The maximum Gasteiger partial charge on any atom is 0.119 e. The molecule has 84 valence electrons. The monoisotopic (exact) mass is 222 g/mol. The molecule has 1 aliphatic rings. The molecule has 0 amide bonds. The van der Waals surface area contributed by atoms with E-state index in [2.05, 4.69) is 48.5 Å². The van der Waals surface area contributed by atoms with E-state index in [1.807, 2.05) is 6.07 Å². The van der Waals surface area contributed by atoms with Gasteiger partial charge in [0, 0.05) is 0 Å². The Balaban J connectivity index is 1.95. The van der Waals surface area contributed by atoms with Crippen LogP contribution < -0.4 is 4.74 Å². The van der Waals surface area contributed by atoms with Crippen LogP contribution in [-0.4, -0.2) is 7.11 Å². The van der Waals surface area contributed by atoms with E-state index < -0.39 is 0 Å². The lowest BCUT2D eigenvalue weighted by Gasteiger charge is -2.03. The molecule has 0 N–H and O–H groups in total. The zero-order chi connectivity index (χ0) is 11.7. The largest absolute Gasteiger partial charge is 0.497 e. The highest BCUT2D eigenvalue weighted by Crippen LogP contribution is 2.33. The lowest BCUT2D eigenvalue weighted by atomic mass is 10.0. The molecule has 0 saturated carbocycles. The first-order valence-electron chi connectivity index (χ1n) is 5.80. The normalized spacial score (nSPS) is 13.1. The lowest BCUT2D eigenvalue weighted by Crippen LogP contribution is -1.88. The van der Waals surface area contributed by atoms with Crippen molar-refractivity contribution in [3.8, 4) is 5.75 Å². The zero-order valence-corrected chi connectivity index (χ0v) is 9.81. The molecule has 2 aromatic rings. The fraction of sp³-hybridized carbons (Fsp3) is 0.125. The van der Waals surface area contributed by atoms with Crippen molar-refractivity contribution in [2.45, 2.75) is 6.42 Å². The Morgan fingerprint density at radius 2 is 1.82 bits per heavy atom. The van der Waals surface area contributed by atoms with Gasteiger partial charge in [-0.2, -0.15) is 0 Å². The number of ether oxygens (including phenoxy) is 1. The zero-order valence-electron chi connectivity index (χ0n) is 9.81. The van der Waals surface area contributed by atoms with Crippen LogP contribution in [0.15, 0.2) is 48.5 Å². The van der Waals surface area contributed by atoms with Gasteiger partial charge in [0.05, 0.1) is 7.11 Å². The van der Waals surface area contributed by atoms with Crippen LogP contribution in [-0.2, 0) is 6.42 Å². The molecular weight excluding hydrogens is 208 g/mol. The number of benzene rings is 2.